The van der Waals surface area contributed by atoms with Gasteiger partial charge in [-0.3, -0.25) is 14.9 Å². The molecule has 0 amide bonds. The van der Waals surface area contributed by atoms with Crippen molar-refractivity contribution >= 4 is 17.0 Å². The molecule has 10 nitrogen and oxygen atoms in total. The number of aliphatic hydroxyl groups excluding tert-OH is 3. The minimum Gasteiger partial charge on any atom is -0.396 e. The van der Waals surface area contributed by atoms with Gasteiger partial charge in [-0.2, -0.15) is 5.10 Å². The Balaban J connectivity index is 2.06. The molecule has 0 bridgehead atoms. The number of nitrogens with one attached hydrogen (secondary N) is 3. The molecule has 0 aliphatic carbocycles. The molecule has 2 aromatic heterocycles. The van der Waals surface area contributed by atoms with E-state index in [1.165, 1.54) is 0 Å². The van der Waals surface area contributed by atoms with Gasteiger partial charge in [0.25, 0.3) is 5.56 Å². The average molecular weight is 298 g/mol. The molecule has 0 spiro atoms. The number of hydrogen-bond donors (Lipinski definition) is 7. The summed E-state index contributed by atoms with van der Waals surface area (Å²) in [6, 6.07) is 0. The Labute approximate surface area is 119 Å². The Morgan fingerprint density at radius 1 is 1.33 bits per heavy atom. The monoisotopic (exact) mass is 298 g/mol. The van der Waals surface area contributed by atoms with Gasteiger partial charge in [0.1, 0.15) is 16.7 Å². The van der Waals surface area contributed by atoms with E-state index in [-0.39, 0.29) is 31.2 Å². The summed E-state index contributed by atoms with van der Waals surface area (Å²) in [7, 11) is 0. The molecule has 0 unspecified atom stereocenters. The van der Waals surface area contributed by atoms with Crippen LogP contribution in [0.2, 0.25) is 0 Å². The van der Waals surface area contributed by atoms with E-state index in [4.69, 9.17) is 15.9 Å². The van der Waals surface area contributed by atoms with E-state index < -0.39 is 24.2 Å². The lowest BCUT2D eigenvalue weighted by atomic mass is 10.0. The molecular weight excluding hydrogens is 280 g/mol. The molecule has 2 aromatic rings. The number of nitrogens with zero attached hydrogens (tertiary/aromatic N) is 2. The van der Waals surface area contributed by atoms with E-state index in [0.717, 1.165) is 0 Å². The van der Waals surface area contributed by atoms with Crippen molar-refractivity contribution in [2.24, 2.45) is 5.92 Å². The van der Waals surface area contributed by atoms with E-state index in [9.17, 15) is 9.90 Å². The quantitative estimate of drug-likeness (QED) is 0.288. The summed E-state index contributed by atoms with van der Waals surface area (Å²) in [4.78, 5) is 18.0. The third kappa shape index (κ3) is 3.36. The first-order valence-corrected chi connectivity index (χ1v) is 6.40. The lowest BCUT2D eigenvalue weighted by Gasteiger charge is -2.19. The fraction of sp³-hybridized carbons (Fsp3) is 0.545. The number of aromatic amines is 2. The van der Waals surface area contributed by atoms with E-state index in [2.05, 4.69) is 25.5 Å². The predicted molar refractivity (Wildman–Crippen MR) is 74.3 cm³/mol. The topological polar surface area (TPSA) is 173 Å². The highest BCUT2D eigenvalue weighted by Crippen LogP contribution is 2.10. The van der Waals surface area contributed by atoms with E-state index in [1.807, 2.05) is 0 Å². The van der Waals surface area contributed by atoms with Crippen molar-refractivity contribution < 1.29 is 15.3 Å². The minimum atomic E-state index is -1.00. The predicted octanol–water partition coefficient (Wildman–Crippen LogP) is -2.72. The molecule has 0 aromatic carbocycles. The second kappa shape index (κ2) is 6.63. The van der Waals surface area contributed by atoms with Gasteiger partial charge in [-0.25, -0.2) is 4.98 Å². The van der Waals surface area contributed by atoms with Gasteiger partial charge < -0.3 is 26.4 Å². The number of nitrogen functional groups attached to an aromatic ring is 1. The van der Waals surface area contributed by atoms with E-state index in [1.54, 1.807) is 0 Å². The van der Waals surface area contributed by atoms with Crippen LogP contribution < -0.4 is 16.6 Å². The highest BCUT2D eigenvalue weighted by molar-refractivity contribution is 5.76. The van der Waals surface area contributed by atoms with Crippen molar-refractivity contribution in [3.63, 3.8) is 0 Å². The maximum absolute atomic E-state index is 11.6. The van der Waals surface area contributed by atoms with Crippen LogP contribution in [0.15, 0.2) is 4.79 Å². The lowest BCUT2D eigenvalue weighted by Crippen LogP contribution is -2.35. The molecule has 0 radical (unpaired) electrons. The van der Waals surface area contributed by atoms with Gasteiger partial charge in [-0.1, -0.05) is 0 Å². The van der Waals surface area contributed by atoms with Gasteiger partial charge in [0.2, 0.25) is 5.95 Å². The summed E-state index contributed by atoms with van der Waals surface area (Å²) >= 11 is 0. The van der Waals surface area contributed by atoms with Crippen LogP contribution in [0, 0.1) is 5.92 Å². The normalized spacial score (nSPS) is 14.4. The molecule has 10 heteroatoms. The molecule has 0 saturated heterocycles. The van der Waals surface area contributed by atoms with Crippen molar-refractivity contribution in [3.8, 4) is 0 Å². The number of hydrogen-bond acceptors (Lipinski definition) is 8. The van der Waals surface area contributed by atoms with Crippen molar-refractivity contribution in [2.75, 3.05) is 25.5 Å². The number of aliphatic hydroxyl groups is 3. The summed E-state index contributed by atoms with van der Waals surface area (Å²) in [5.41, 5.74) is 6.18. The van der Waals surface area contributed by atoms with Crippen LogP contribution in [-0.4, -0.2) is 61.3 Å². The Kier molecular flexibility index (Phi) is 4.85. The van der Waals surface area contributed by atoms with E-state index in [0.29, 0.717) is 11.2 Å². The fourth-order valence-electron chi connectivity index (χ4n) is 1.95. The largest absolute Gasteiger partial charge is 0.396 e. The Bertz CT molecular complexity index is 654. The Morgan fingerprint density at radius 2 is 2.10 bits per heavy atom. The first-order valence-electron chi connectivity index (χ1n) is 6.40. The molecular formula is C11H18N6O4. The summed E-state index contributed by atoms with van der Waals surface area (Å²) in [6.45, 7) is -0.150. The lowest BCUT2D eigenvalue weighted by molar-refractivity contribution is 0.0228. The molecule has 0 aliphatic rings. The van der Waals surface area contributed by atoms with E-state index >= 15 is 0 Å². The molecule has 21 heavy (non-hydrogen) atoms. The first-order chi connectivity index (χ1) is 10.1. The second-order valence-corrected chi connectivity index (χ2v) is 4.67. The first kappa shape index (κ1) is 15.4. The van der Waals surface area contributed by atoms with Crippen molar-refractivity contribution in [1.82, 2.24) is 25.5 Å². The summed E-state index contributed by atoms with van der Waals surface area (Å²) in [5, 5.41) is 37.0. The molecule has 0 aliphatic heterocycles. The SMILES string of the molecule is Nc1nc2c(CNC[C@@H](CO)[C@@H](O)CO)n[nH]c2c(=O)[nH]1. The molecule has 2 atom stereocenters. The zero-order valence-electron chi connectivity index (χ0n) is 11.2. The maximum Gasteiger partial charge on any atom is 0.278 e. The Hall–Kier alpha value is -2.01. The minimum absolute atomic E-state index is 0.000845. The second-order valence-electron chi connectivity index (χ2n) is 4.67. The van der Waals surface area contributed by atoms with Gasteiger partial charge >= 0.3 is 0 Å². The Morgan fingerprint density at radius 3 is 2.76 bits per heavy atom. The highest BCUT2D eigenvalue weighted by atomic mass is 16.3. The van der Waals surface area contributed by atoms with Crippen LogP contribution in [0.1, 0.15) is 5.69 Å². The fourth-order valence-corrected chi connectivity index (χ4v) is 1.95. The third-order valence-electron chi connectivity index (χ3n) is 3.18. The summed E-state index contributed by atoms with van der Waals surface area (Å²) in [5.74, 6) is -0.499. The third-order valence-corrected chi connectivity index (χ3v) is 3.18. The van der Waals surface area contributed by atoms with Crippen molar-refractivity contribution in [2.45, 2.75) is 12.6 Å². The smallest absolute Gasteiger partial charge is 0.278 e. The van der Waals surface area contributed by atoms with Crippen LogP contribution in [-0.2, 0) is 6.54 Å². The number of fused-ring (bicyclic) bond motifs is 1. The van der Waals surface area contributed by atoms with Crippen LogP contribution in [0.5, 0.6) is 0 Å². The zero-order valence-corrected chi connectivity index (χ0v) is 11.2. The van der Waals surface area contributed by atoms with Gasteiger partial charge in [0.05, 0.1) is 12.7 Å². The molecule has 8 N–H and O–H groups in total. The highest BCUT2D eigenvalue weighted by Gasteiger charge is 2.18. The van der Waals surface area contributed by atoms with Gasteiger partial charge in [0.15, 0.2) is 0 Å². The number of nitrogens with two attached hydrogens (primary N) is 1. The van der Waals surface area contributed by atoms with Gasteiger partial charge in [-0.05, 0) is 0 Å². The number of aromatic nitrogens is 4. The number of rotatable bonds is 7. The summed E-state index contributed by atoms with van der Waals surface area (Å²) < 4.78 is 0. The standard InChI is InChI=1S/C11H18N6O4/c12-11-14-8-6(16-17-9(8)10(21)15-11)2-13-1-5(3-18)7(20)4-19/h5,7,13,18-20H,1-4H2,(H,16,17)(H3,12,14,15,21)/t5-,7-/m0/s1. The summed E-state index contributed by atoms with van der Waals surface area (Å²) in [6.07, 6.45) is -1.00. The van der Waals surface area contributed by atoms with Crippen molar-refractivity contribution in [3.05, 3.63) is 16.0 Å². The molecule has 2 rings (SSSR count). The van der Waals surface area contributed by atoms with Crippen LogP contribution in [0.25, 0.3) is 11.0 Å². The molecule has 0 fully saturated rings. The number of anilines is 1. The van der Waals surface area contributed by atoms with Crippen LogP contribution in [0.3, 0.4) is 0 Å². The van der Waals surface area contributed by atoms with Crippen molar-refractivity contribution in [1.29, 1.82) is 0 Å². The van der Waals surface area contributed by atoms with Gasteiger partial charge in [0, 0.05) is 25.6 Å². The molecule has 0 saturated carbocycles. The van der Waals surface area contributed by atoms with Gasteiger partial charge in [-0.15, -0.1) is 0 Å². The number of H-pyrrole nitrogens is 2. The molecule has 116 valence electrons. The maximum atomic E-state index is 11.6. The van der Waals surface area contributed by atoms with Crippen LogP contribution >= 0.6 is 0 Å². The zero-order chi connectivity index (χ0) is 15.4. The van der Waals surface area contributed by atoms with Crippen LogP contribution in [0.4, 0.5) is 5.95 Å². The average Bonchev–Trinajstić information content (AvgIpc) is 2.86. The molecule has 2 heterocycles.